The lowest BCUT2D eigenvalue weighted by atomic mass is 10.3. The summed E-state index contributed by atoms with van der Waals surface area (Å²) in [5, 5.41) is 0. The van der Waals surface area contributed by atoms with E-state index >= 15 is 0 Å². The van der Waals surface area contributed by atoms with Gasteiger partial charge in [-0.05, 0) is 18.2 Å². The second-order valence-electron chi connectivity index (χ2n) is 2.82. The summed E-state index contributed by atoms with van der Waals surface area (Å²) in [5.41, 5.74) is 6.04. The molecule has 2 aromatic rings. The van der Waals surface area contributed by atoms with Crippen LogP contribution < -0.4 is 11.4 Å². The van der Waals surface area contributed by atoms with E-state index in [0.717, 1.165) is 5.69 Å². The Bertz CT molecular complexity index is 490. The number of rotatable bonds is 1. The topological polar surface area (TPSA) is 60.9 Å². The summed E-state index contributed by atoms with van der Waals surface area (Å²) in [6.45, 7) is 0. The average Bonchev–Trinajstić information content (AvgIpc) is 2.19. The van der Waals surface area contributed by atoms with Crippen molar-refractivity contribution in [3.8, 4) is 5.69 Å². The first-order valence-corrected chi connectivity index (χ1v) is 4.18. The Morgan fingerprint density at radius 2 is 1.86 bits per heavy atom. The fraction of sp³-hybridized carbons (Fsp3) is 0. The van der Waals surface area contributed by atoms with Crippen molar-refractivity contribution in [2.24, 2.45) is 0 Å². The zero-order valence-electron chi connectivity index (χ0n) is 7.42. The summed E-state index contributed by atoms with van der Waals surface area (Å²) in [6.07, 6.45) is 1.40. The van der Waals surface area contributed by atoms with E-state index in [1.165, 1.54) is 10.8 Å². The SMILES string of the molecule is Nc1ccnc(=O)n1-c1ccccc1. The van der Waals surface area contributed by atoms with Crippen LogP contribution in [0.5, 0.6) is 0 Å². The van der Waals surface area contributed by atoms with Gasteiger partial charge < -0.3 is 5.73 Å². The van der Waals surface area contributed by atoms with Crippen LogP contribution in [0, 0.1) is 0 Å². The molecular weight excluding hydrogens is 178 g/mol. The number of hydrogen-bond donors (Lipinski definition) is 1. The van der Waals surface area contributed by atoms with Crippen LogP contribution in [0.25, 0.3) is 5.69 Å². The molecule has 0 atom stereocenters. The molecule has 0 aliphatic rings. The highest BCUT2D eigenvalue weighted by molar-refractivity contribution is 5.41. The van der Waals surface area contributed by atoms with Gasteiger partial charge in [0.25, 0.3) is 0 Å². The predicted octanol–water partition coefficient (Wildman–Crippen LogP) is 0.815. The Hall–Kier alpha value is -2.10. The number of aromatic nitrogens is 2. The van der Waals surface area contributed by atoms with Gasteiger partial charge in [0.1, 0.15) is 5.82 Å². The molecule has 14 heavy (non-hydrogen) atoms. The van der Waals surface area contributed by atoms with Crippen LogP contribution in [0.15, 0.2) is 47.4 Å². The largest absolute Gasteiger partial charge is 0.385 e. The van der Waals surface area contributed by atoms with Crippen molar-refractivity contribution in [2.75, 3.05) is 5.73 Å². The molecule has 0 fully saturated rings. The van der Waals surface area contributed by atoms with E-state index < -0.39 is 0 Å². The molecule has 0 saturated heterocycles. The van der Waals surface area contributed by atoms with Crippen LogP contribution in [0.4, 0.5) is 5.82 Å². The molecule has 1 heterocycles. The van der Waals surface area contributed by atoms with Gasteiger partial charge >= 0.3 is 5.69 Å². The second-order valence-corrected chi connectivity index (χ2v) is 2.82. The molecule has 4 nitrogen and oxygen atoms in total. The monoisotopic (exact) mass is 187 g/mol. The maximum absolute atomic E-state index is 11.4. The van der Waals surface area contributed by atoms with E-state index in [4.69, 9.17) is 5.73 Å². The molecule has 0 bridgehead atoms. The molecule has 0 aliphatic heterocycles. The quantitative estimate of drug-likeness (QED) is 0.718. The van der Waals surface area contributed by atoms with Crippen LogP contribution >= 0.6 is 0 Å². The summed E-state index contributed by atoms with van der Waals surface area (Å²) < 4.78 is 1.36. The highest BCUT2D eigenvalue weighted by Gasteiger charge is 2.01. The summed E-state index contributed by atoms with van der Waals surface area (Å²) in [5.74, 6) is 0.385. The van der Waals surface area contributed by atoms with E-state index in [-0.39, 0.29) is 5.69 Å². The van der Waals surface area contributed by atoms with Gasteiger partial charge in [0, 0.05) is 6.20 Å². The van der Waals surface area contributed by atoms with Gasteiger partial charge in [-0.15, -0.1) is 0 Å². The van der Waals surface area contributed by atoms with Gasteiger partial charge in [-0.2, -0.15) is 0 Å². The fourth-order valence-electron chi connectivity index (χ4n) is 1.26. The molecular formula is C10H9N3O. The lowest BCUT2D eigenvalue weighted by molar-refractivity contribution is 0.927. The summed E-state index contributed by atoms with van der Waals surface area (Å²) in [4.78, 5) is 15.1. The Morgan fingerprint density at radius 1 is 1.14 bits per heavy atom. The predicted molar refractivity (Wildman–Crippen MR) is 54.2 cm³/mol. The van der Waals surface area contributed by atoms with E-state index in [1.807, 2.05) is 18.2 Å². The van der Waals surface area contributed by atoms with Crippen molar-refractivity contribution in [2.45, 2.75) is 0 Å². The summed E-state index contributed by atoms with van der Waals surface area (Å²) in [7, 11) is 0. The normalized spacial score (nSPS) is 10.0. The minimum atomic E-state index is -0.365. The average molecular weight is 187 g/mol. The van der Waals surface area contributed by atoms with Crippen molar-refractivity contribution < 1.29 is 0 Å². The minimum absolute atomic E-state index is 0.365. The molecule has 4 heteroatoms. The van der Waals surface area contributed by atoms with E-state index in [1.54, 1.807) is 18.2 Å². The maximum atomic E-state index is 11.4. The van der Waals surface area contributed by atoms with Gasteiger partial charge in [0.2, 0.25) is 0 Å². The van der Waals surface area contributed by atoms with E-state index in [0.29, 0.717) is 5.82 Å². The van der Waals surface area contributed by atoms with Gasteiger partial charge in [0.05, 0.1) is 5.69 Å². The smallest absolute Gasteiger partial charge is 0.353 e. The first kappa shape index (κ1) is 8.50. The van der Waals surface area contributed by atoms with Gasteiger partial charge in [0.15, 0.2) is 0 Å². The zero-order valence-corrected chi connectivity index (χ0v) is 7.42. The maximum Gasteiger partial charge on any atom is 0.353 e. The Balaban J connectivity index is 2.69. The number of benzene rings is 1. The van der Waals surface area contributed by atoms with Crippen molar-refractivity contribution in [3.63, 3.8) is 0 Å². The zero-order chi connectivity index (χ0) is 9.97. The Morgan fingerprint density at radius 3 is 2.50 bits per heavy atom. The third-order valence-electron chi connectivity index (χ3n) is 1.89. The molecule has 0 amide bonds. The van der Waals surface area contributed by atoms with Crippen molar-refractivity contribution >= 4 is 5.82 Å². The van der Waals surface area contributed by atoms with Gasteiger partial charge in [-0.25, -0.2) is 14.3 Å². The molecule has 2 N–H and O–H groups in total. The number of nitrogens with two attached hydrogens (primary N) is 1. The van der Waals surface area contributed by atoms with Crippen LogP contribution in [-0.4, -0.2) is 9.55 Å². The van der Waals surface area contributed by atoms with Gasteiger partial charge in [-0.1, -0.05) is 18.2 Å². The first-order chi connectivity index (χ1) is 6.79. The molecule has 1 aromatic heterocycles. The second kappa shape index (κ2) is 3.33. The highest BCUT2D eigenvalue weighted by Crippen LogP contribution is 2.07. The summed E-state index contributed by atoms with van der Waals surface area (Å²) >= 11 is 0. The number of hydrogen-bond acceptors (Lipinski definition) is 3. The fourth-order valence-corrected chi connectivity index (χ4v) is 1.26. The Kier molecular flexibility index (Phi) is 2.02. The standard InChI is InChI=1S/C10H9N3O/c11-9-6-7-12-10(14)13(9)8-4-2-1-3-5-8/h1-7H,11H2. The van der Waals surface area contributed by atoms with Crippen LogP contribution in [0.3, 0.4) is 0 Å². The minimum Gasteiger partial charge on any atom is -0.385 e. The van der Waals surface area contributed by atoms with Crippen molar-refractivity contribution in [3.05, 3.63) is 53.1 Å². The molecule has 2 rings (SSSR count). The number of nitrogen functional groups attached to an aromatic ring is 1. The van der Waals surface area contributed by atoms with E-state index in [2.05, 4.69) is 4.98 Å². The Labute approximate surface area is 80.6 Å². The van der Waals surface area contributed by atoms with Crippen LogP contribution in [0.1, 0.15) is 0 Å². The lowest BCUT2D eigenvalue weighted by Gasteiger charge is -2.06. The van der Waals surface area contributed by atoms with Gasteiger partial charge in [-0.3, -0.25) is 0 Å². The van der Waals surface area contributed by atoms with Crippen LogP contribution in [-0.2, 0) is 0 Å². The van der Waals surface area contributed by atoms with Crippen molar-refractivity contribution in [1.29, 1.82) is 0 Å². The van der Waals surface area contributed by atoms with Crippen molar-refractivity contribution in [1.82, 2.24) is 9.55 Å². The molecule has 0 radical (unpaired) electrons. The number of para-hydroxylation sites is 1. The summed E-state index contributed by atoms with van der Waals surface area (Å²) in [6, 6.07) is 10.8. The number of anilines is 1. The molecule has 70 valence electrons. The molecule has 0 unspecified atom stereocenters. The molecule has 1 aromatic carbocycles. The van der Waals surface area contributed by atoms with E-state index in [9.17, 15) is 4.79 Å². The third-order valence-corrected chi connectivity index (χ3v) is 1.89. The molecule has 0 saturated carbocycles. The molecule has 0 aliphatic carbocycles. The first-order valence-electron chi connectivity index (χ1n) is 4.18. The number of nitrogens with zero attached hydrogens (tertiary/aromatic N) is 2. The molecule has 0 spiro atoms. The lowest BCUT2D eigenvalue weighted by Crippen LogP contribution is -2.22. The third kappa shape index (κ3) is 1.37. The highest BCUT2D eigenvalue weighted by atomic mass is 16.1. The van der Waals surface area contributed by atoms with Crippen LogP contribution in [0.2, 0.25) is 0 Å².